The summed E-state index contributed by atoms with van der Waals surface area (Å²) in [5.41, 5.74) is 1.55. The van der Waals surface area contributed by atoms with Gasteiger partial charge >= 0.3 is 0 Å². The fourth-order valence-corrected chi connectivity index (χ4v) is 2.65. The Bertz CT molecular complexity index is 953. The Labute approximate surface area is 150 Å². The van der Waals surface area contributed by atoms with Gasteiger partial charge in [0.25, 0.3) is 5.69 Å². The quantitative estimate of drug-likeness (QED) is 0.352. The molecule has 0 spiro atoms. The molecule has 132 valence electrons. The van der Waals surface area contributed by atoms with Gasteiger partial charge in [0.05, 0.1) is 17.7 Å². The van der Waals surface area contributed by atoms with Crippen molar-refractivity contribution >= 4 is 22.7 Å². The molecule has 3 aromatic carbocycles. The van der Waals surface area contributed by atoms with Crippen LogP contribution in [0.25, 0.3) is 10.8 Å². The lowest BCUT2D eigenvalue weighted by molar-refractivity contribution is -0.384. The molecule has 0 saturated carbocycles. The van der Waals surface area contributed by atoms with E-state index >= 15 is 0 Å². The molecule has 0 radical (unpaired) electrons. The van der Waals surface area contributed by atoms with Gasteiger partial charge < -0.3 is 9.57 Å². The van der Waals surface area contributed by atoms with Gasteiger partial charge in [-0.25, -0.2) is 0 Å². The van der Waals surface area contributed by atoms with Gasteiger partial charge in [-0.15, -0.1) is 0 Å². The Hall–Kier alpha value is -3.41. The van der Waals surface area contributed by atoms with E-state index in [1.165, 1.54) is 12.1 Å². The van der Waals surface area contributed by atoms with Crippen LogP contribution in [0, 0.1) is 10.1 Å². The summed E-state index contributed by atoms with van der Waals surface area (Å²) in [5, 5.41) is 16.9. The molecule has 0 N–H and O–H groups in total. The zero-order chi connectivity index (χ0) is 18.4. The molecule has 0 aliphatic carbocycles. The first-order chi connectivity index (χ1) is 12.7. The topological polar surface area (TPSA) is 74.0 Å². The maximum Gasteiger partial charge on any atom is 0.269 e. The average Bonchev–Trinajstić information content (AvgIpc) is 2.66. The van der Waals surface area contributed by atoms with Crippen LogP contribution in [0.2, 0.25) is 0 Å². The van der Waals surface area contributed by atoms with Crippen molar-refractivity contribution in [3.8, 4) is 5.75 Å². The fraction of sp³-hybridized carbons (Fsp3) is 0.150. The van der Waals surface area contributed by atoms with Gasteiger partial charge in [-0.05, 0) is 29.3 Å². The molecule has 6 heteroatoms. The molecule has 0 aliphatic heterocycles. The third-order valence-electron chi connectivity index (χ3n) is 3.84. The Kier molecular flexibility index (Phi) is 5.43. The van der Waals surface area contributed by atoms with E-state index < -0.39 is 4.92 Å². The molecule has 6 nitrogen and oxygen atoms in total. The van der Waals surface area contributed by atoms with Crippen molar-refractivity contribution in [1.82, 2.24) is 0 Å². The molecule has 0 amide bonds. The minimum atomic E-state index is -0.433. The molecule has 0 bridgehead atoms. The van der Waals surface area contributed by atoms with Crippen LogP contribution >= 0.6 is 0 Å². The predicted molar refractivity (Wildman–Crippen MR) is 101 cm³/mol. The number of oxime groups is 1. The molecular weight excluding hydrogens is 332 g/mol. The summed E-state index contributed by atoms with van der Waals surface area (Å²) < 4.78 is 5.68. The van der Waals surface area contributed by atoms with Crippen LogP contribution in [0.3, 0.4) is 0 Å². The number of benzene rings is 3. The van der Waals surface area contributed by atoms with Crippen molar-refractivity contribution in [3.05, 3.63) is 81.9 Å². The Balaban J connectivity index is 1.79. The molecule has 3 aromatic rings. The molecule has 0 atom stereocenters. The number of hydrogen-bond donors (Lipinski definition) is 0. The van der Waals surface area contributed by atoms with Gasteiger partial charge in [0.2, 0.25) is 0 Å². The van der Waals surface area contributed by atoms with Crippen LogP contribution < -0.4 is 4.74 Å². The van der Waals surface area contributed by atoms with Gasteiger partial charge in [-0.1, -0.05) is 47.6 Å². The monoisotopic (exact) mass is 350 g/mol. The summed E-state index contributed by atoms with van der Waals surface area (Å²) in [7, 11) is 0. The highest BCUT2D eigenvalue weighted by molar-refractivity contribution is 6.02. The van der Waals surface area contributed by atoms with E-state index in [2.05, 4.69) is 5.16 Å². The summed E-state index contributed by atoms with van der Waals surface area (Å²) in [6.07, 6.45) is 1.62. The minimum absolute atomic E-state index is 0.0303. The standard InChI is InChI=1S/C20H18N2O4/c1-2-25-20-11-10-16-7-3-4-9-18(16)19(20)13-21-26-14-15-6-5-8-17(12-15)22(23)24/h3-13H,2,14H2,1H3/b21-13-. The van der Waals surface area contributed by atoms with Crippen LogP contribution in [0.15, 0.2) is 65.8 Å². The summed E-state index contributed by atoms with van der Waals surface area (Å²) in [6.45, 7) is 2.62. The summed E-state index contributed by atoms with van der Waals surface area (Å²) in [5.74, 6) is 0.730. The van der Waals surface area contributed by atoms with E-state index in [1.807, 2.05) is 43.3 Å². The lowest BCUT2D eigenvalue weighted by atomic mass is 10.0. The van der Waals surface area contributed by atoms with E-state index in [-0.39, 0.29) is 12.3 Å². The number of nitro benzene ring substituents is 1. The second kappa shape index (κ2) is 8.11. The van der Waals surface area contributed by atoms with Crippen molar-refractivity contribution in [2.75, 3.05) is 6.61 Å². The maximum absolute atomic E-state index is 10.8. The highest BCUT2D eigenvalue weighted by Crippen LogP contribution is 2.26. The van der Waals surface area contributed by atoms with Gasteiger partial charge in [0, 0.05) is 17.7 Å². The summed E-state index contributed by atoms with van der Waals surface area (Å²) in [4.78, 5) is 15.7. The Morgan fingerprint density at radius 1 is 1.12 bits per heavy atom. The minimum Gasteiger partial charge on any atom is -0.493 e. The van der Waals surface area contributed by atoms with Crippen LogP contribution in [0.5, 0.6) is 5.75 Å². The molecule has 0 aliphatic rings. The van der Waals surface area contributed by atoms with E-state index in [4.69, 9.17) is 9.57 Å². The van der Waals surface area contributed by atoms with Gasteiger partial charge in [-0.3, -0.25) is 10.1 Å². The first kappa shape index (κ1) is 17.4. The fourth-order valence-electron chi connectivity index (χ4n) is 2.65. The van der Waals surface area contributed by atoms with E-state index in [0.29, 0.717) is 12.2 Å². The molecule has 0 fully saturated rings. The highest BCUT2D eigenvalue weighted by atomic mass is 16.6. The van der Waals surface area contributed by atoms with Gasteiger partial charge in [0.1, 0.15) is 12.4 Å². The van der Waals surface area contributed by atoms with Gasteiger partial charge in [0.15, 0.2) is 0 Å². The zero-order valence-electron chi connectivity index (χ0n) is 14.3. The Morgan fingerprint density at radius 2 is 1.96 bits per heavy atom. The number of non-ortho nitro benzene ring substituents is 1. The maximum atomic E-state index is 10.8. The van der Waals surface area contributed by atoms with Crippen molar-refractivity contribution in [2.45, 2.75) is 13.5 Å². The van der Waals surface area contributed by atoms with Crippen LogP contribution in [0.4, 0.5) is 5.69 Å². The highest BCUT2D eigenvalue weighted by Gasteiger charge is 2.08. The largest absolute Gasteiger partial charge is 0.493 e. The summed E-state index contributed by atoms with van der Waals surface area (Å²) in [6, 6.07) is 18.2. The van der Waals surface area contributed by atoms with Gasteiger partial charge in [-0.2, -0.15) is 0 Å². The van der Waals surface area contributed by atoms with Crippen molar-refractivity contribution in [2.24, 2.45) is 5.16 Å². The third kappa shape index (κ3) is 3.97. The normalized spacial score (nSPS) is 11.0. The number of nitrogens with zero attached hydrogens (tertiary/aromatic N) is 2. The third-order valence-corrected chi connectivity index (χ3v) is 3.84. The molecular formula is C20H18N2O4. The summed E-state index contributed by atoms with van der Waals surface area (Å²) >= 11 is 0. The van der Waals surface area contributed by atoms with E-state index in [9.17, 15) is 10.1 Å². The second-order valence-electron chi connectivity index (χ2n) is 5.57. The smallest absolute Gasteiger partial charge is 0.269 e. The SMILES string of the molecule is CCOc1ccc2ccccc2c1/C=N\OCc1cccc([N+](=O)[O-])c1. The number of fused-ring (bicyclic) bond motifs is 1. The number of rotatable bonds is 7. The van der Waals surface area contributed by atoms with Crippen LogP contribution in [-0.2, 0) is 11.4 Å². The molecule has 0 saturated heterocycles. The second-order valence-corrected chi connectivity index (χ2v) is 5.57. The number of ether oxygens (including phenoxy) is 1. The lowest BCUT2D eigenvalue weighted by Crippen LogP contribution is -1.98. The van der Waals surface area contributed by atoms with Crippen LogP contribution in [0.1, 0.15) is 18.1 Å². The molecule has 0 aromatic heterocycles. The van der Waals surface area contributed by atoms with E-state index in [1.54, 1.807) is 18.3 Å². The van der Waals surface area contributed by atoms with Crippen molar-refractivity contribution < 1.29 is 14.5 Å². The first-order valence-corrected chi connectivity index (χ1v) is 8.22. The Morgan fingerprint density at radius 3 is 2.77 bits per heavy atom. The number of nitro groups is 1. The number of hydrogen-bond acceptors (Lipinski definition) is 5. The molecule has 0 unspecified atom stereocenters. The van der Waals surface area contributed by atoms with E-state index in [0.717, 1.165) is 22.1 Å². The van der Waals surface area contributed by atoms with Crippen molar-refractivity contribution in [3.63, 3.8) is 0 Å². The first-order valence-electron chi connectivity index (χ1n) is 8.22. The predicted octanol–water partition coefficient (Wildman–Crippen LogP) is 4.70. The zero-order valence-corrected chi connectivity index (χ0v) is 14.3. The molecule has 26 heavy (non-hydrogen) atoms. The van der Waals surface area contributed by atoms with Crippen LogP contribution in [-0.4, -0.2) is 17.7 Å². The molecule has 0 heterocycles. The van der Waals surface area contributed by atoms with Crippen molar-refractivity contribution in [1.29, 1.82) is 0 Å². The average molecular weight is 350 g/mol. The molecule has 3 rings (SSSR count). The lowest BCUT2D eigenvalue weighted by Gasteiger charge is -2.10.